The van der Waals surface area contributed by atoms with Gasteiger partial charge in [-0.05, 0) is 19.1 Å². The van der Waals surface area contributed by atoms with Gasteiger partial charge in [0.05, 0.1) is 5.56 Å². The summed E-state index contributed by atoms with van der Waals surface area (Å²) in [4.78, 5) is 11.1. The molecular formula is C11H7F7O2. The smallest absolute Gasteiger partial charge is 0.417 e. The molecule has 0 aliphatic rings. The van der Waals surface area contributed by atoms with Crippen LogP contribution >= 0.6 is 0 Å². The first kappa shape index (κ1) is 16.3. The first-order chi connectivity index (χ1) is 9.04. The molecule has 0 radical (unpaired) electrons. The molecule has 0 spiro atoms. The molecular weight excluding hydrogens is 297 g/mol. The zero-order valence-electron chi connectivity index (χ0n) is 9.77. The summed E-state index contributed by atoms with van der Waals surface area (Å²) >= 11 is 0. The van der Waals surface area contributed by atoms with E-state index in [1.165, 1.54) is 0 Å². The SMILES string of the molecule is CC(=O)c1cc(OC(F)F)cc(C(F)F)c1C(F)(F)F. The quantitative estimate of drug-likeness (QED) is 0.607. The van der Waals surface area contributed by atoms with Crippen LogP contribution in [-0.4, -0.2) is 12.4 Å². The van der Waals surface area contributed by atoms with Crippen LogP contribution in [0.2, 0.25) is 0 Å². The Morgan fingerprint density at radius 1 is 1.15 bits per heavy atom. The number of alkyl halides is 7. The molecule has 112 valence electrons. The lowest BCUT2D eigenvalue weighted by atomic mass is 9.97. The highest BCUT2D eigenvalue weighted by atomic mass is 19.4. The second kappa shape index (κ2) is 5.68. The molecule has 0 saturated heterocycles. The van der Waals surface area contributed by atoms with Crippen molar-refractivity contribution < 1.29 is 40.3 Å². The van der Waals surface area contributed by atoms with Gasteiger partial charge in [0.25, 0.3) is 6.43 Å². The number of carbonyl (C=O) groups is 1. The summed E-state index contributed by atoms with van der Waals surface area (Å²) in [6.07, 6.45) is -8.83. The average molecular weight is 304 g/mol. The Balaban J connectivity index is 3.59. The van der Waals surface area contributed by atoms with Crippen molar-refractivity contribution in [2.24, 2.45) is 0 Å². The molecule has 0 atom stereocenters. The fourth-order valence-corrected chi connectivity index (χ4v) is 1.57. The highest BCUT2D eigenvalue weighted by Crippen LogP contribution is 2.41. The van der Waals surface area contributed by atoms with E-state index < -0.39 is 47.4 Å². The van der Waals surface area contributed by atoms with Crippen LogP contribution in [0.5, 0.6) is 5.75 Å². The number of carbonyl (C=O) groups excluding carboxylic acids is 1. The van der Waals surface area contributed by atoms with Gasteiger partial charge in [-0.1, -0.05) is 0 Å². The van der Waals surface area contributed by atoms with E-state index in [4.69, 9.17) is 0 Å². The van der Waals surface area contributed by atoms with Crippen LogP contribution in [0.15, 0.2) is 12.1 Å². The summed E-state index contributed by atoms with van der Waals surface area (Å²) in [6.45, 7) is -2.72. The molecule has 0 aliphatic carbocycles. The third kappa shape index (κ3) is 3.61. The monoisotopic (exact) mass is 304 g/mol. The molecule has 0 amide bonds. The minimum absolute atomic E-state index is 0.145. The first-order valence-corrected chi connectivity index (χ1v) is 5.03. The number of hydrogen-bond acceptors (Lipinski definition) is 2. The lowest BCUT2D eigenvalue weighted by Crippen LogP contribution is -2.16. The maximum atomic E-state index is 12.7. The van der Waals surface area contributed by atoms with Crippen molar-refractivity contribution in [2.75, 3.05) is 0 Å². The van der Waals surface area contributed by atoms with Crippen LogP contribution in [-0.2, 0) is 6.18 Å². The minimum Gasteiger partial charge on any atom is -0.435 e. The van der Waals surface area contributed by atoms with Crippen molar-refractivity contribution in [3.8, 4) is 5.75 Å². The molecule has 1 rings (SSSR count). The molecule has 0 aromatic heterocycles. The topological polar surface area (TPSA) is 26.3 Å². The second-order valence-electron chi connectivity index (χ2n) is 3.67. The summed E-state index contributed by atoms with van der Waals surface area (Å²) in [7, 11) is 0. The van der Waals surface area contributed by atoms with Crippen molar-refractivity contribution in [1.29, 1.82) is 0 Å². The molecule has 0 heterocycles. The van der Waals surface area contributed by atoms with Crippen molar-refractivity contribution in [2.45, 2.75) is 26.1 Å². The number of rotatable bonds is 4. The van der Waals surface area contributed by atoms with E-state index in [-0.39, 0.29) is 6.07 Å². The van der Waals surface area contributed by atoms with Gasteiger partial charge in [0, 0.05) is 11.1 Å². The lowest BCUT2D eigenvalue weighted by Gasteiger charge is -2.17. The van der Waals surface area contributed by atoms with Gasteiger partial charge in [-0.2, -0.15) is 22.0 Å². The van der Waals surface area contributed by atoms with Gasteiger partial charge < -0.3 is 4.74 Å². The zero-order valence-corrected chi connectivity index (χ0v) is 9.77. The van der Waals surface area contributed by atoms with E-state index in [0.29, 0.717) is 13.0 Å². The number of hydrogen-bond donors (Lipinski definition) is 0. The summed E-state index contributed by atoms with van der Waals surface area (Å²) in [5, 5.41) is 0. The Morgan fingerprint density at radius 3 is 2.05 bits per heavy atom. The summed E-state index contributed by atoms with van der Waals surface area (Å²) in [6, 6.07) is 0.509. The van der Waals surface area contributed by atoms with Crippen LogP contribution in [0.4, 0.5) is 30.7 Å². The van der Waals surface area contributed by atoms with Crippen molar-refractivity contribution in [3.05, 3.63) is 28.8 Å². The Morgan fingerprint density at radius 2 is 1.70 bits per heavy atom. The molecule has 0 N–H and O–H groups in total. The van der Waals surface area contributed by atoms with Crippen LogP contribution in [0, 0.1) is 0 Å². The third-order valence-corrected chi connectivity index (χ3v) is 2.27. The molecule has 1 aromatic carbocycles. The van der Waals surface area contributed by atoms with E-state index in [0.717, 1.165) is 0 Å². The number of Topliss-reactive ketones (excluding diaryl/α,β-unsaturated/α-hetero) is 1. The van der Waals surface area contributed by atoms with E-state index in [1.54, 1.807) is 0 Å². The minimum atomic E-state index is -5.23. The Kier molecular flexibility index (Phi) is 4.61. The Bertz CT molecular complexity index is 508. The van der Waals surface area contributed by atoms with E-state index in [2.05, 4.69) is 4.74 Å². The van der Waals surface area contributed by atoms with Crippen LogP contribution in [0.1, 0.15) is 34.8 Å². The molecule has 20 heavy (non-hydrogen) atoms. The van der Waals surface area contributed by atoms with Crippen molar-refractivity contribution >= 4 is 5.78 Å². The maximum Gasteiger partial charge on any atom is 0.417 e. The predicted molar refractivity (Wildman–Crippen MR) is 53.0 cm³/mol. The zero-order chi connectivity index (χ0) is 15.7. The first-order valence-electron chi connectivity index (χ1n) is 5.03. The van der Waals surface area contributed by atoms with Crippen LogP contribution in [0.25, 0.3) is 0 Å². The van der Waals surface area contributed by atoms with Crippen molar-refractivity contribution in [3.63, 3.8) is 0 Å². The van der Waals surface area contributed by atoms with E-state index in [1.807, 2.05) is 0 Å². The third-order valence-electron chi connectivity index (χ3n) is 2.27. The van der Waals surface area contributed by atoms with E-state index in [9.17, 15) is 35.5 Å². The number of ketones is 1. The second-order valence-corrected chi connectivity index (χ2v) is 3.67. The lowest BCUT2D eigenvalue weighted by molar-refractivity contribution is -0.139. The predicted octanol–water partition coefficient (Wildman–Crippen LogP) is 4.45. The molecule has 0 bridgehead atoms. The van der Waals surface area contributed by atoms with Gasteiger partial charge in [-0.3, -0.25) is 4.79 Å². The van der Waals surface area contributed by atoms with Crippen molar-refractivity contribution in [1.82, 2.24) is 0 Å². The fourth-order valence-electron chi connectivity index (χ4n) is 1.57. The number of halogens is 7. The number of benzene rings is 1. The highest BCUT2D eigenvalue weighted by molar-refractivity contribution is 5.96. The number of ether oxygens (including phenoxy) is 1. The van der Waals surface area contributed by atoms with Gasteiger partial charge >= 0.3 is 12.8 Å². The van der Waals surface area contributed by atoms with Gasteiger partial charge in [0.2, 0.25) is 0 Å². The summed E-state index contributed by atoms with van der Waals surface area (Å²) in [5.41, 5.74) is -4.58. The van der Waals surface area contributed by atoms with Gasteiger partial charge in [0.15, 0.2) is 5.78 Å². The molecule has 2 nitrogen and oxygen atoms in total. The fraction of sp³-hybridized carbons (Fsp3) is 0.364. The molecule has 9 heteroatoms. The molecule has 0 unspecified atom stereocenters. The van der Waals surface area contributed by atoms with Crippen LogP contribution in [0.3, 0.4) is 0 Å². The standard InChI is InChI=1S/C11H7F7O2/c1-4(19)6-2-5(20-10(14)15)3-7(9(12)13)8(6)11(16,17)18/h2-3,9-10H,1H3. The molecule has 0 aliphatic heterocycles. The normalized spacial score (nSPS) is 12.1. The van der Waals surface area contributed by atoms with Gasteiger partial charge in [-0.25, -0.2) is 8.78 Å². The molecule has 1 aromatic rings. The molecule has 0 saturated carbocycles. The largest absolute Gasteiger partial charge is 0.435 e. The van der Waals surface area contributed by atoms with Gasteiger partial charge in [-0.15, -0.1) is 0 Å². The summed E-state index contributed by atoms with van der Waals surface area (Å²) < 4.78 is 91.4. The molecule has 0 fully saturated rings. The Labute approximate surface area is 108 Å². The van der Waals surface area contributed by atoms with E-state index >= 15 is 0 Å². The van der Waals surface area contributed by atoms with Gasteiger partial charge in [0.1, 0.15) is 5.75 Å². The average Bonchev–Trinajstić information content (AvgIpc) is 2.25. The highest BCUT2D eigenvalue weighted by Gasteiger charge is 2.40. The Hall–Kier alpha value is -1.80. The maximum absolute atomic E-state index is 12.7. The summed E-state index contributed by atoms with van der Waals surface area (Å²) in [5.74, 6) is -2.13. The van der Waals surface area contributed by atoms with Crippen LogP contribution < -0.4 is 4.74 Å².